The number of halogens is 1. The molecule has 7 heteroatoms. The van der Waals surface area contributed by atoms with E-state index in [9.17, 15) is 9.18 Å². The first-order valence-electron chi connectivity index (χ1n) is 12.7. The first-order chi connectivity index (χ1) is 17.9. The number of aromatic amines is 1. The lowest BCUT2D eigenvalue weighted by atomic mass is 9.92. The Labute approximate surface area is 214 Å². The van der Waals surface area contributed by atoms with Crippen molar-refractivity contribution in [1.82, 2.24) is 14.5 Å². The van der Waals surface area contributed by atoms with Gasteiger partial charge in [0.15, 0.2) is 0 Å². The molecular formula is C30H30FN3O3. The maximum absolute atomic E-state index is 14.0. The Morgan fingerprint density at radius 2 is 1.84 bits per heavy atom. The topological polar surface area (TPSA) is 59.5 Å². The molecule has 1 aromatic heterocycles. The number of hydrogen-bond acceptors (Lipinski definition) is 4. The number of nitrogens with one attached hydrogen (secondary N) is 1. The molecule has 0 spiro atoms. The van der Waals surface area contributed by atoms with Gasteiger partial charge in [0.2, 0.25) is 0 Å². The van der Waals surface area contributed by atoms with E-state index >= 15 is 0 Å². The van der Waals surface area contributed by atoms with Crippen LogP contribution in [0.5, 0.6) is 5.75 Å². The zero-order valence-electron chi connectivity index (χ0n) is 21.1. The minimum absolute atomic E-state index is 0.118. The van der Waals surface area contributed by atoms with Crippen LogP contribution in [0.2, 0.25) is 0 Å². The van der Waals surface area contributed by atoms with Gasteiger partial charge in [-0.25, -0.2) is 9.18 Å². The van der Waals surface area contributed by atoms with E-state index in [1.807, 2.05) is 41.0 Å². The molecule has 0 amide bonds. The molecule has 37 heavy (non-hydrogen) atoms. The van der Waals surface area contributed by atoms with E-state index in [2.05, 4.69) is 35.9 Å². The summed E-state index contributed by atoms with van der Waals surface area (Å²) in [5.74, 6) is 0.192. The zero-order valence-corrected chi connectivity index (χ0v) is 21.1. The molecule has 1 N–H and O–H groups in total. The van der Waals surface area contributed by atoms with Crippen LogP contribution in [-0.4, -0.2) is 47.3 Å². The van der Waals surface area contributed by atoms with Gasteiger partial charge < -0.3 is 14.5 Å². The minimum atomic E-state index is -0.396. The van der Waals surface area contributed by atoms with Crippen molar-refractivity contribution in [3.8, 4) is 5.75 Å². The third-order valence-electron chi connectivity index (χ3n) is 7.26. The second kappa shape index (κ2) is 9.32. The molecule has 6 nitrogen and oxygen atoms in total. The number of H-pyrrole nitrogens is 1. The number of hydrogen-bond donors (Lipinski definition) is 1. The molecule has 6 rings (SSSR count). The number of aromatic nitrogens is 2. The number of fused-ring (bicyclic) bond motifs is 3. The summed E-state index contributed by atoms with van der Waals surface area (Å²) in [7, 11) is 0. The summed E-state index contributed by atoms with van der Waals surface area (Å²) in [6.07, 6.45) is 2.08. The quantitative estimate of drug-likeness (QED) is 0.429. The normalized spacial score (nSPS) is 17.3. The molecule has 3 heterocycles. The monoisotopic (exact) mass is 499 g/mol. The Morgan fingerprint density at radius 3 is 2.68 bits per heavy atom. The second-order valence-electron chi connectivity index (χ2n) is 10.4. The van der Waals surface area contributed by atoms with Crippen LogP contribution in [0.1, 0.15) is 36.1 Å². The standard InChI is InChI=1S/C30H30FN3O3/c1-30(2,19-33-11-13-36-14-12-33)34-27-10-7-20(16-26(27)32-29(34)35)15-25-23-6-4-3-5-21(23)18-37-28-17-22(31)8-9-24(25)28/h3-10,15-17H,11-14,18-19H2,1-2H3,(H,32,35)/b25-15+. The number of nitrogens with zero attached hydrogens (tertiary/aromatic N) is 2. The van der Waals surface area contributed by atoms with Crippen molar-refractivity contribution in [2.75, 3.05) is 32.8 Å². The fourth-order valence-corrected chi connectivity index (χ4v) is 5.57. The lowest BCUT2D eigenvalue weighted by molar-refractivity contribution is 0.0229. The van der Waals surface area contributed by atoms with Crippen molar-refractivity contribution in [2.45, 2.75) is 26.0 Å². The SMILES string of the molecule is CC(C)(CN1CCOCC1)n1c(=O)[nH]c2cc(/C=C3\c4ccccc4COc4cc(F)ccc43)ccc21. The van der Waals surface area contributed by atoms with Crippen molar-refractivity contribution in [3.63, 3.8) is 0 Å². The molecule has 0 aliphatic carbocycles. The van der Waals surface area contributed by atoms with Crippen LogP contribution < -0.4 is 10.4 Å². The van der Waals surface area contributed by atoms with Crippen LogP contribution in [0.4, 0.5) is 4.39 Å². The average Bonchev–Trinajstić information content (AvgIpc) is 3.14. The van der Waals surface area contributed by atoms with Crippen LogP contribution >= 0.6 is 0 Å². The van der Waals surface area contributed by atoms with E-state index in [0.29, 0.717) is 12.4 Å². The highest BCUT2D eigenvalue weighted by atomic mass is 19.1. The number of benzene rings is 3. The van der Waals surface area contributed by atoms with Gasteiger partial charge in [-0.2, -0.15) is 0 Å². The molecule has 2 aliphatic rings. The molecule has 0 radical (unpaired) electrons. The Hall–Kier alpha value is -3.68. The number of ether oxygens (including phenoxy) is 2. The summed E-state index contributed by atoms with van der Waals surface area (Å²) < 4.78 is 27.3. The Balaban J connectivity index is 1.42. The Morgan fingerprint density at radius 1 is 1.03 bits per heavy atom. The van der Waals surface area contributed by atoms with Crippen molar-refractivity contribution >= 4 is 22.7 Å². The molecule has 1 saturated heterocycles. The third-order valence-corrected chi connectivity index (χ3v) is 7.26. The molecule has 2 aliphatic heterocycles. The first-order valence-corrected chi connectivity index (χ1v) is 12.7. The molecule has 4 aromatic rings. The van der Waals surface area contributed by atoms with Gasteiger partial charge in [0.25, 0.3) is 0 Å². The zero-order chi connectivity index (χ0) is 25.6. The summed E-state index contributed by atoms with van der Waals surface area (Å²) in [4.78, 5) is 18.5. The predicted octanol–water partition coefficient (Wildman–Crippen LogP) is 5.02. The maximum atomic E-state index is 14.0. The van der Waals surface area contributed by atoms with E-state index in [1.165, 1.54) is 12.1 Å². The van der Waals surface area contributed by atoms with Crippen molar-refractivity contribution < 1.29 is 13.9 Å². The Kier molecular flexibility index (Phi) is 5.97. The average molecular weight is 500 g/mol. The first kappa shape index (κ1) is 23.7. The van der Waals surface area contributed by atoms with Gasteiger partial charge in [-0.15, -0.1) is 0 Å². The van der Waals surface area contributed by atoms with Crippen molar-refractivity contribution in [1.29, 1.82) is 0 Å². The van der Waals surface area contributed by atoms with Gasteiger partial charge in [0.05, 0.1) is 29.8 Å². The lowest BCUT2D eigenvalue weighted by Gasteiger charge is -2.35. The van der Waals surface area contributed by atoms with Gasteiger partial charge in [0.1, 0.15) is 18.2 Å². The number of imidazole rings is 1. The smallest absolute Gasteiger partial charge is 0.327 e. The van der Waals surface area contributed by atoms with Crippen molar-refractivity contribution in [3.05, 3.63) is 99.2 Å². The summed E-state index contributed by atoms with van der Waals surface area (Å²) in [5.41, 5.74) is 5.96. The molecule has 0 bridgehead atoms. The summed E-state index contributed by atoms with van der Waals surface area (Å²) in [6, 6.07) is 18.8. The number of morpholine rings is 1. The van der Waals surface area contributed by atoms with Crippen LogP contribution in [0.25, 0.3) is 22.7 Å². The highest BCUT2D eigenvalue weighted by Crippen LogP contribution is 2.38. The summed E-state index contributed by atoms with van der Waals surface area (Å²) in [6.45, 7) is 8.53. The van der Waals surface area contributed by atoms with Crippen LogP contribution in [-0.2, 0) is 16.9 Å². The highest BCUT2D eigenvalue weighted by molar-refractivity contribution is 5.95. The molecule has 0 atom stereocenters. The van der Waals surface area contributed by atoms with E-state index in [-0.39, 0.29) is 11.5 Å². The molecular weight excluding hydrogens is 469 g/mol. The van der Waals surface area contributed by atoms with E-state index < -0.39 is 5.54 Å². The lowest BCUT2D eigenvalue weighted by Crippen LogP contribution is -2.48. The fraction of sp³-hybridized carbons (Fsp3) is 0.300. The molecule has 3 aromatic carbocycles. The van der Waals surface area contributed by atoms with Gasteiger partial charge in [0, 0.05) is 31.3 Å². The minimum Gasteiger partial charge on any atom is -0.488 e. The van der Waals surface area contributed by atoms with Gasteiger partial charge in [-0.05, 0) is 66.5 Å². The fourth-order valence-electron chi connectivity index (χ4n) is 5.57. The largest absolute Gasteiger partial charge is 0.488 e. The summed E-state index contributed by atoms with van der Waals surface area (Å²) >= 11 is 0. The van der Waals surface area contributed by atoms with Crippen LogP contribution in [0.3, 0.4) is 0 Å². The summed E-state index contributed by atoms with van der Waals surface area (Å²) in [5, 5.41) is 0. The third kappa shape index (κ3) is 4.49. The maximum Gasteiger partial charge on any atom is 0.327 e. The molecule has 0 saturated carbocycles. The van der Waals surface area contributed by atoms with Gasteiger partial charge >= 0.3 is 5.69 Å². The molecule has 1 fully saturated rings. The van der Waals surface area contributed by atoms with Crippen LogP contribution in [0, 0.1) is 5.82 Å². The Bertz CT molecular complexity index is 1560. The highest BCUT2D eigenvalue weighted by Gasteiger charge is 2.28. The van der Waals surface area contributed by atoms with E-state index in [0.717, 1.165) is 71.7 Å². The molecule has 0 unspecified atom stereocenters. The van der Waals surface area contributed by atoms with Gasteiger partial charge in [-0.1, -0.05) is 30.3 Å². The molecule has 190 valence electrons. The second-order valence-corrected chi connectivity index (χ2v) is 10.4. The van der Waals surface area contributed by atoms with E-state index in [1.54, 1.807) is 6.07 Å². The number of rotatable bonds is 4. The van der Waals surface area contributed by atoms with Crippen LogP contribution in [0.15, 0.2) is 65.5 Å². The van der Waals surface area contributed by atoms with E-state index in [4.69, 9.17) is 9.47 Å². The predicted molar refractivity (Wildman–Crippen MR) is 143 cm³/mol. The van der Waals surface area contributed by atoms with Gasteiger partial charge in [-0.3, -0.25) is 9.47 Å². The van der Waals surface area contributed by atoms with Crippen molar-refractivity contribution in [2.24, 2.45) is 0 Å².